The first-order chi connectivity index (χ1) is 9.31. The van der Waals surface area contributed by atoms with Gasteiger partial charge in [0, 0.05) is 13.2 Å². The van der Waals surface area contributed by atoms with Gasteiger partial charge in [0.1, 0.15) is 0 Å². The van der Waals surface area contributed by atoms with E-state index in [-0.39, 0.29) is 0 Å². The molecule has 1 unspecified atom stereocenters. The van der Waals surface area contributed by atoms with E-state index in [2.05, 4.69) is 11.6 Å². The molecule has 5 heteroatoms. The van der Waals surface area contributed by atoms with Crippen molar-refractivity contribution >= 4 is 11.8 Å². The fraction of sp³-hybridized carbons (Fsp3) is 1.00. The van der Waals surface area contributed by atoms with Crippen LogP contribution in [0.1, 0.15) is 32.6 Å². The Morgan fingerprint density at radius 3 is 2.58 bits per heavy atom. The minimum atomic E-state index is -0.418. The second kappa shape index (κ2) is 16.2. The molecule has 0 saturated carbocycles. The molecular weight excluding hydrogens is 262 g/mol. The van der Waals surface area contributed by atoms with Gasteiger partial charge in [0.05, 0.1) is 25.9 Å². The van der Waals surface area contributed by atoms with Gasteiger partial charge in [0.2, 0.25) is 0 Å². The van der Waals surface area contributed by atoms with Crippen molar-refractivity contribution in [2.75, 3.05) is 51.5 Å². The van der Waals surface area contributed by atoms with Crippen LogP contribution in [0.25, 0.3) is 0 Å². The Morgan fingerprint density at radius 2 is 1.84 bits per heavy atom. The molecule has 0 bridgehead atoms. The van der Waals surface area contributed by atoms with Gasteiger partial charge in [0.25, 0.3) is 0 Å². The average molecular weight is 293 g/mol. The number of nitrogens with one attached hydrogen (secondary N) is 1. The van der Waals surface area contributed by atoms with Gasteiger partial charge < -0.3 is 19.9 Å². The predicted molar refractivity (Wildman–Crippen MR) is 83.0 cm³/mol. The number of thioether (sulfide) groups is 1. The molecule has 0 rings (SSSR count). The number of aliphatic hydroxyl groups excluding tert-OH is 1. The summed E-state index contributed by atoms with van der Waals surface area (Å²) in [7, 11) is 0. The van der Waals surface area contributed by atoms with Crippen LogP contribution in [0.15, 0.2) is 0 Å². The van der Waals surface area contributed by atoms with E-state index in [0.717, 1.165) is 6.54 Å². The smallest absolute Gasteiger partial charge is 0.0897 e. The Hall–Kier alpha value is 0.190. The standard InChI is InChI=1S/C14H31NO3S/c1-3-17-9-10-18-13-14(16)12-15-8-6-4-5-7-11-19-2/h14-16H,3-13H2,1-2H3. The van der Waals surface area contributed by atoms with Gasteiger partial charge in [-0.05, 0) is 38.3 Å². The normalized spacial score (nSPS) is 12.8. The summed E-state index contributed by atoms with van der Waals surface area (Å²) in [6, 6.07) is 0. The van der Waals surface area contributed by atoms with Gasteiger partial charge in [-0.25, -0.2) is 0 Å². The maximum Gasteiger partial charge on any atom is 0.0897 e. The minimum Gasteiger partial charge on any atom is -0.389 e. The van der Waals surface area contributed by atoms with Crippen LogP contribution >= 0.6 is 11.8 Å². The molecule has 0 aliphatic heterocycles. The Labute approximate surface area is 122 Å². The maximum absolute atomic E-state index is 9.65. The summed E-state index contributed by atoms with van der Waals surface area (Å²) in [4.78, 5) is 0. The summed E-state index contributed by atoms with van der Waals surface area (Å²) < 4.78 is 10.4. The van der Waals surface area contributed by atoms with E-state index in [0.29, 0.717) is 33.0 Å². The third-order valence-electron chi connectivity index (χ3n) is 2.72. The van der Waals surface area contributed by atoms with Crippen molar-refractivity contribution in [2.24, 2.45) is 0 Å². The molecule has 0 radical (unpaired) electrons. The number of hydrogen-bond acceptors (Lipinski definition) is 5. The zero-order chi connectivity index (χ0) is 14.2. The SMILES string of the molecule is CCOCCOCC(O)CNCCCCCCSC. The van der Waals surface area contributed by atoms with Gasteiger partial charge in [-0.15, -0.1) is 0 Å². The fourth-order valence-corrected chi connectivity index (χ4v) is 2.15. The molecule has 2 N–H and O–H groups in total. The molecular formula is C14H31NO3S. The lowest BCUT2D eigenvalue weighted by Gasteiger charge is -2.12. The predicted octanol–water partition coefficient (Wildman–Crippen LogP) is 1.91. The second-order valence-corrected chi connectivity index (χ2v) is 5.52. The zero-order valence-corrected chi connectivity index (χ0v) is 13.3. The third-order valence-corrected chi connectivity index (χ3v) is 3.42. The monoisotopic (exact) mass is 293 g/mol. The first kappa shape index (κ1) is 19.2. The lowest BCUT2D eigenvalue weighted by Crippen LogP contribution is -2.31. The van der Waals surface area contributed by atoms with Crippen LogP contribution in [0.4, 0.5) is 0 Å². The van der Waals surface area contributed by atoms with Crippen molar-refractivity contribution < 1.29 is 14.6 Å². The Kier molecular flexibility index (Phi) is 16.4. The van der Waals surface area contributed by atoms with E-state index in [1.165, 1.54) is 31.4 Å². The van der Waals surface area contributed by atoms with Gasteiger partial charge in [-0.3, -0.25) is 0 Å². The summed E-state index contributed by atoms with van der Waals surface area (Å²) in [5.41, 5.74) is 0. The van der Waals surface area contributed by atoms with E-state index in [1.807, 2.05) is 18.7 Å². The topological polar surface area (TPSA) is 50.7 Å². The molecule has 0 saturated heterocycles. The van der Waals surface area contributed by atoms with Crippen molar-refractivity contribution in [3.63, 3.8) is 0 Å². The van der Waals surface area contributed by atoms with Crippen LogP contribution in [-0.2, 0) is 9.47 Å². The molecule has 0 aromatic heterocycles. The maximum atomic E-state index is 9.65. The first-order valence-electron chi connectivity index (χ1n) is 7.34. The highest BCUT2D eigenvalue weighted by Gasteiger charge is 2.03. The highest BCUT2D eigenvalue weighted by atomic mass is 32.2. The van der Waals surface area contributed by atoms with Crippen LogP contribution in [-0.4, -0.2) is 62.7 Å². The van der Waals surface area contributed by atoms with Crippen molar-refractivity contribution in [1.82, 2.24) is 5.32 Å². The minimum absolute atomic E-state index is 0.383. The Balaban J connectivity index is 3.09. The molecule has 19 heavy (non-hydrogen) atoms. The van der Waals surface area contributed by atoms with Crippen LogP contribution in [0.3, 0.4) is 0 Å². The lowest BCUT2D eigenvalue weighted by molar-refractivity contribution is 0.00655. The van der Waals surface area contributed by atoms with Crippen molar-refractivity contribution in [3.8, 4) is 0 Å². The van der Waals surface area contributed by atoms with Crippen molar-refractivity contribution in [2.45, 2.75) is 38.7 Å². The van der Waals surface area contributed by atoms with Crippen LogP contribution in [0.5, 0.6) is 0 Å². The van der Waals surface area contributed by atoms with Gasteiger partial charge in [-0.2, -0.15) is 11.8 Å². The molecule has 0 aliphatic rings. The van der Waals surface area contributed by atoms with E-state index in [9.17, 15) is 5.11 Å². The van der Waals surface area contributed by atoms with E-state index >= 15 is 0 Å². The highest BCUT2D eigenvalue weighted by Crippen LogP contribution is 2.03. The fourth-order valence-electron chi connectivity index (χ4n) is 1.66. The lowest BCUT2D eigenvalue weighted by atomic mass is 10.2. The third kappa shape index (κ3) is 16.1. The summed E-state index contributed by atoms with van der Waals surface area (Å²) in [5.74, 6) is 1.27. The Morgan fingerprint density at radius 1 is 1.11 bits per heavy atom. The molecule has 0 spiro atoms. The highest BCUT2D eigenvalue weighted by molar-refractivity contribution is 7.98. The van der Waals surface area contributed by atoms with E-state index in [4.69, 9.17) is 9.47 Å². The molecule has 4 nitrogen and oxygen atoms in total. The summed E-state index contributed by atoms with van der Waals surface area (Å²) in [5, 5.41) is 12.9. The quantitative estimate of drug-likeness (QED) is 0.452. The van der Waals surface area contributed by atoms with Gasteiger partial charge in [-0.1, -0.05) is 12.8 Å². The largest absolute Gasteiger partial charge is 0.389 e. The zero-order valence-electron chi connectivity index (χ0n) is 12.5. The van der Waals surface area contributed by atoms with Crippen LogP contribution < -0.4 is 5.32 Å². The average Bonchev–Trinajstić information content (AvgIpc) is 2.41. The van der Waals surface area contributed by atoms with Crippen molar-refractivity contribution in [3.05, 3.63) is 0 Å². The molecule has 0 aliphatic carbocycles. The summed E-state index contributed by atoms with van der Waals surface area (Å²) in [6.07, 6.45) is 6.82. The first-order valence-corrected chi connectivity index (χ1v) is 8.73. The molecule has 1 atom stereocenters. The van der Waals surface area contributed by atoms with E-state index < -0.39 is 6.10 Å². The number of unbranched alkanes of at least 4 members (excludes halogenated alkanes) is 3. The number of ether oxygens (including phenoxy) is 2. The molecule has 0 heterocycles. The number of rotatable bonds is 15. The second-order valence-electron chi connectivity index (χ2n) is 4.54. The van der Waals surface area contributed by atoms with Crippen LogP contribution in [0.2, 0.25) is 0 Å². The Bertz CT molecular complexity index is 173. The van der Waals surface area contributed by atoms with E-state index in [1.54, 1.807) is 0 Å². The molecule has 0 aromatic carbocycles. The molecule has 0 amide bonds. The number of aliphatic hydroxyl groups is 1. The summed E-state index contributed by atoms with van der Waals surface area (Å²) in [6.45, 7) is 5.81. The molecule has 116 valence electrons. The van der Waals surface area contributed by atoms with Crippen molar-refractivity contribution in [1.29, 1.82) is 0 Å². The van der Waals surface area contributed by atoms with Gasteiger partial charge in [0.15, 0.2) is 0 Å². The van der Waals surface area contributed by atoms with Gasteiger partial charge >= 0.3 is 0 Å². The van der Waals surface area contributed by atoms with Crippen LogP contribution in [0, 0.1) is 0 Å². The summed E-state index contributed by atoms with van der Waals surface area (Å²) >= 11 is 1.91. The molecule has 0 fully saturated rings. The number of hydrogen-bond donors (Lipinski definition) is 2. The molecule has 0 aromatic rings.